The van der Waals surface area contributed by atoms with Crippen molar-refractivity contribution < 1.29 is 4.39 Å². The van der Waals surface area contributed by atoms with Gasteiger partial charge in [0.25, 0.3) is 0 Å². The van der Waals surface area contributed by atoms with Crippen LogP contribution in [0.15, 0.2) is 54.6 Å². The summed E-state index contributed by atoms with van der Waals surface area (Å²) < 4.78 is 14.7. The monoisotopic (exact) mass is 264 g/mol. The van der Waals surface area contributed by atoms with Gasteiger partial charge in [0, 0.05) is 10.9 Å². The maximum Gasteiger partial charge on any atom is 0.138 e. The molecule has 0 unspecified atom stereocenters. The smallest absolute Gasteiger partial charge is 0.138 e. The topological polar surface area (TPSA) is 0 Å². The molecule has 0 aliphatic heterocycles. The maximum absolute atomic E-state index is 14.7. The molecule has 0 nitrogen and oxygen atoms in total. The van der Waals surface area contributed by atoms with Gasteiger partial charge in [0.1, 0.15) is 5.82 Å². The Bertz CT molecular complexity index is 755. The summed E-state index contributed by atoms with van der Waals surface area (Å²) in [7, 11) is 0. The molecule has 20 heavy (non-hydrogen) atoms. The SMILES string of the molecule is CCc1ccc2c(F)c(-c3ccc(C)cc3)ccc2c1. The molecule has 0 radical (unpaired) electrons. The molecule has 100 valence electrons. The summed E-state index contributed by atoms with van der Waals surface area (Å²) >= 11 is 0. The molecule has 3 aromatic carbocycles. The predicted octanol–water partition coefficient (Wildman–Crippen LogP) is 5.52. The molecule has 0 N–H and O–H groups in total. The Balaban J connectivity index is 2.18. The number of hydrogen-bond acceptors (Lipinski definition) is 0. The van der Waals surface area contributed by atoms with E-state index in [1.807, 2.05) is 55.5 Å². The third-order valence-corrected chi connectivity index (χ3v) is 3.79. The molecule has 0 aromatic heterocycles. The lowest BCUT2D eigenvalue weighted by Gasteiger charge is -2.08. The standard InChI is InChI=1S/C19H17F/c1-3-14-6-10-18-16(12-14)9-11-17(19(18)20)15-7-4-13(2)5-8-15/h4-12H,3H2,1-2H3. The average molecular weight is 264 g/mol. The highest BCUT2D eigenvalue weighted by Crippen LogP contribution is 2.29. The summed E-state index contributed by atoms with van der Waals surface area (Å²) in [5.74, 6) is -0.131. The van der Waals surface area contributed by atoms with E-state index in [-0.39, 0.29) is 5.82 Å². The molecule has 0 saturated heterocycles. The molecule has 3 rings (SSSR count). The van der Waals surface area contributed by atoms with Crippen LogP contribution in [0.1, 0.15) is 18.1 Å². The predicted molar refractivity (Wildman–Crippen MR) is 83.5 cm³/mol. The summed E-state index contributed by atoms with van der Waals surface area (Å²) in [6, 6.07) is 17.8. The molecule has 0 spiro atoms. The van der Waals surface area contributed by atoms with Crippen molar-refractivity contribution in [1.29, 1.82) is 0 Å². The zero-order chi connectivity index (χ0) is 14.1. The van der Waals surface area contributed by atoms with Gasteiger partial charge in [0.15, 0.2) is 0 Å². The first-order valence-corrected chi connectivity index (χ1v) is 6.97. The van der Waals surface area contributed by atoms with Gasteiger partial charge in [0.05, 0.1) is 0 Å². The fourth-order valence-corrected chi connectivity index (χ4v) is 2.52. The fraction of sp³-hybridized carbons (Fsp3) is 0.158. The van der Waals surface area contributed by atoms with Gasteiger partial charge < -0.3 is 0 Å². The van der Waals surface area contributed by atoms with E-state index in [0.717, 1.165) is 17.4 Å². The Morgan fingerprint density at radius 1 is 0.900 bits per heavy atom. The molecular weight excluding hydrogens is 247 g/mol. The first-order valence-electron chi connectivity index (χ1n) is 6.97. The van der Waals surface area contributed by atoms with Crippen molar-refractivity contribution in [1.82, 2.24) is 0 Å². The molecule has 0 aliphatic rings. The fourth-order valence-electron chi connectivity index (χ4n) is 2.52. The second-order valence-corrected chi connectivity index (χ2v) is 5.20. The summed E-state index contributed by atoms with van der Waals surface area (Å²) in [6.07, 6.45) is 0.970. The first-order chi connectivity index (χ1) is 9.69. The van der Waals surface area contributed by atoms with Gasteiger partial charge in [-0.3, -0.25) is 0 Å². The summed E-state index contributed by atoms with van der Waals surface area (Å²) in [5, 5.41) is 1.66. The number of rotatable bonds is 2. The van der Waals surface area contributed by atoms with E-state index < -0.39 is 0 Å². The highest BCUT2D eigenvalue weighted by atomic mass is 19.1. The molecule has 0 atom stereocenters. The molecule has 1 heteroatoms. The van der Waals surface area contributed by atoms with Crippen molar-refractivity contribution in [2.45, 2.75) is 20.3 Å². The van der Waals surface area contributed by atoms with Crippen LogP contribution in [-0.4, -0.2) is 0 Å². The molecule has 0 amide bonds. The van der Waals surface area contributed by atoms with Crippen LogP contribution in [0.5, 0.6) is 0 Å². The molecule has 0 saturated carbocycles. The second-order valence-electron chi connectivity index (χ2n) is 5.20. The summed E-state index contributed by atoms with van der Waals surface area (Å²) in [5.41, 5.74) is 4.01. The van der Waals surface area contributed by atoms with E-state index in [1.54, 1.807) is 0 Å². The molecule has 0 fully saturated rings. The minimum absolute atomic E-state index is 0.131. The quantitative estimate of drug-likeness (QED) is 0.572. The normalized spacial score (nSPS) is 10.9. The van der Waals surface area contributed by atoms with Crippen molar-refractivity contribution >= 4 is 10.8 Å². The van der Waals surface area contributed by atoms with Crippen LogP contribution in [0.4, 0.5) is 4.39 Å². The van der Waals surface area contributed by atoms with Crippen LogP contribution >= 0.6 is 0 Å². The Morgan fingerprint density at radius 2 is 1.65 bits per heavy atom. The number of halogens is 1. The van der Waals surface area contributed by atoms with Gasteiger partial charge in [-0.15, -0.1) is 0 Å². The molecule has 0 heterocycles. The Hall–Kier alpha value is -2.15. The minimum atomic E-state index is -0.131. The van der Waals surface area contributed by atoms with Gasteiger partial charge in [0.2, 0.25) is 0 Å². The highest BCUT2D eigenvalue weighted by Gasteiger charge is 2.09. The molecule has 0 aliphatic carbocycles. The van der Waals surface area contributed by atoms with E-state index in [1.165, 1.54) is 11.1 Å². The lowest BCUT2D eigenvalue weighted by atomic mass is 9.98. The number of hydrogen-bond donors (Lipinski definition) is 0. The lowest BCUT2D eigenvalue weighted by molar-refractivity contribution is 0.643. The zero-order valence-corrected chi connectivity index (χ0v) is 11.8. The first kappa shape index (κ1) is 12.9. The van der Waals surface area contributed by atoms with Crippen molar-refractivity contribution in [2.24, 2.45) is 0 Å². The Morgan fingerprint density at radius 3 is 2.35 bits per heavy atom. The van der Waals surface area contributed by atoms with E-state index in [2.05, 4.69) is 13.0 Å². The third kappa shape index (κ3) is 2.20. The van der Waals surface area contributed by atoms with Crippen LogP contribution in [0.3, 0.4) is 0 Å². The van der Waals surface area contributed by atoms with Gasteiger partial charge >= 0.3 is 0 Å². The summed E-state index contributed by atoms with van der Waals surface area (Å²) in [4.78, 5) is 0. The van der Waals surface area contributed by atoms with Gasteiger partial charge in [-0.05, 0) is 29.9 Å². The van der Waals surface area contributed by atoms with Crippen LogP contribution in [0, 0.1) is 12.7 Å². The highest BCUT2D eigenvalue weighted by molar-refractivity contribution is 5.88. The van der Waals surface area contributed by atoms with Crippen molar-refractivity contribution in [3.05, 3.63) is 71.5 Å². The van der Waals surface area contributed by atoms with Crippen LogP contribution in [-0.2, 0) is 6.42 Å². The van der Waals surface area contributed by atoms with Crippen molar-refractivity contribution in [2.75, 3.05) is 0 Å². The maximum atomic E-state index is 14.7. The van der Waals surface area contributed by atoms with Crippen LogP contribution < -0.4 is 0 Å². The zero-order valence-electron chi connectivity index (χ0n) is 11.8. The Labute approximate surface area is 118 Å². The average Bonchev–Trinajstić information content (AvgIpc) is 2.48. The van der Waals surface area contributed by atoms with Crippen molar-refractivity contribution in [3.63, 3.8) is 0 Å². The minimum Gasteiger partial charge on any atom is -0.206 e. The van der Waals surface area contributed by atoms with Crippen molar-refractivity contribution in [3.8, 4) is 11.1 Å². The summed E-state index contributed by atoms with van der Waals surface area (Å²) in [6.45, 7) is 4.14. The molecular formula is C19H17F. The lowest BCUT2D eigenvalue weighted by Crippen LogP contribution is -1.89. The number of benzene rings is 3. The number of aryl methyl sites for hydroxylation is 2. The second kappa shape index (κ2) is 5.09. The van der Waals surface area contributed by atoms with E-state index in [4.69, 9.17) is 0 Å². The van der Waals surface area contributed by atoms with Gasteiger partial charge in [-0.1, -0.05) is 67.1 Å². The molecule has 3 aromatic rings. The Kier molecular flexibility index (Phi) is 3.27. The third-order valence-electron chi connectivity index (χ3n) is 3.79. The molecule has 0 bridgehead atoms. The van der Waals surface area contributed by atoms with E-state index in [0.29, 0.717) is 10.9 Å². The largest absolute Gasteiger partial charge is 0.206 e. The number of fused-ring (bicyclic) bond motifs is 1. The van der Waals surface area contributed by atoms with Crippen LogP contribution in [0.2, 0.25) is 0 Å². The van der Waals surface area contributed by atoms with Crippen LogP contribution in [0.25, 0.3) is 21.9 Å². The van der Waals surface area contributed by atoms with E-state index >= 15 is 0 Å². The van der Waals surface area contributed by atoms with E-state index in [9.17, 15) is 4.39 Å². The van der Waals surface area contributed by atoms with Gasteiger partial charge in [-0.25, -0.2) is 4.39 Å². The van der Waals surface area contributed by atoms with Gasteiger partial charge in [-0.2, -0.15) is 0 Å².